The minimum atomic E-state index is -3.49. The molecule has 1 atom stereocenters. The van der Waals surface area contributed by atoms with Crippen LogP contribution >= 0.6 is 11.3 Å². The van der Waals surface area contributed by atoms with Crippen LogP contribution in [0.15, 0.2) is 46.7 Å². The number of rotatable bonds is 8. The van der Waals surface area contributed by atoms with E-state index in [9.17, 15) is 13.2 Å². The van der Waals surface area contributed by atoms with Crippen molar-refractivity contribution in [2.75, 3.05) is 32.7 Å². The Morgan fingerprint density at radius 1 is 1.14 bits per heavy atom. The summed E-state index contributed by atoms with van der Waals surface area (Å²) in [7, 11) is -3.49. The van der Waals surface area contributed by atoms with E-state index in [1.807, 2.05) is 41.5 Å². The van der Waals surface area contributed by atoms with E-state index in [1.165, 1.54) is 4.31 Å². The molecule has 8 heteroatoms. The number of nitrogens with one attached hydrogen (secondary N) is 1. The smallest absolute Gasteiger partial charge is 0.243 e. The number of hydrogen-bond acceptors (Lipinski definition) is 5. The molecule has 2 heterocycles. The summed E-state index contributed by atoms with van der Waals surface area (Å²) in [4.78, 5) is 15.8. The maximum atomic E-state index is 12.9. The first kappa shape index (κ1) is 22.0. The second kappa shape index (κ2) is 9.84. The van der Waals surface area contributed by atoms with Gasteiger partial charge in [-0.25, -0.2) is 8.42 Å². The van der Waals surface area contributed by atoms with Gasteiger partial charge in [0.15, 0.2) is 0 Å². The highest BCUT2D eigenvalue weighted by atomic mass is 32.2. The molecule has 3 rings (SSSR count). The first-order valence-corrected chi connectivity index (χ1v) is 12.4. The lowest BCUT2D eigenvalue weighted by Gasteiger charge is -2.33. The fourth-order valence-corrected chi connectivity index (χ4v) is 5.65. The van der Waals surface area contributed by atoms with Gasteiger partial charge >= 0.3 is 0 Å². The highest BCUT2D eigenvalue weighted by Gasteiger charge is 2.29. The van der Waals surface area contributed by atoms with Crippen molar-refractivity contribution in [2.24, 2.45) is 0 Å². The Hall–Kier alpha value is -1.74. The predicted octanol–water partition coefficient (Wildman–Crippen LogP) is 2.88. The third-order valence-electron chi connectivity index (χ3n) is 5.15. The van der Waals surface area contributed by atoms with E-state index in [0.29, 0.717) is 31.1 Å². The number of carbonyl (C=O) groups excluding carboxylic acids is 1. The van der Waals surface area contributed by atoms with E-state index >= 15 is 0 Å². The number of hydrogen-bond donors (Lipinski definition) is 1. The topological polar surface area (TPSA) is 69.7 Å². The van der Waals surface area contributed by atoms with Crippen molar-refractivity contribution in [1.82, 2.24) is 14.5 Å². The summed E-state index contributed by atoms with van der Waals surface area (Å²) in [5, 5.41) is 5.01. The average Bonchev–Trinajstić information content (AvgIpc) is 3.24. The number of thiophene rings is 1. The lowest BCUT2D eigenvalue weighted by Crippen LogP contribution is -2.51. The van der Waals surface area contributed by atoms with Crippen LogP contribution in [0, 0.1) is 0 Å². The molecule has 1 aromatic carbocycles. The normalized spacial score (nSPS) is 17.2. The minimum Gasteiger partial charge on any atom is -0.348 e. The Bertz CT molecular complexity index is 888. The van der Waals surface area contributed by atoms with Gasteiger partial charge in [0.05, 0.1) is 17.5 Å². The molecule has 1 aliphatic rings. The SMILES string of the molecule is CCCc1ccc(S(=O)(=O)N2CCN(CC(=O)N[C@@H](C)c3cccs3)CC2)cc1. The Morgan fingerprint density at radius 3 is 2.41 bits per heavy atom. The van der Waals surface area contributed by atoms with Crippen molar-refractivity contribution in [2.45, 2.75) is 37.6 Å². The molecule has 2 aromatic rings. The van der Waals surface area contributed by atoms with Crippen LogP contribution in [0.3, 0.4) is 0 Å². The van der Waals surface area contributed by atoms with Crippen molar-refractivity contribution >= 4 is 27.3 Å². The zero-order valence-electron chi connectivity index (χ0n) is 17.0. The third kappa shape index (κ3) is 5.66. The molecule has 1 saturated heterocycles. The highest BCUT2D eigenvalue weighted by molar-refractivity contribution is 7.89. The van der Waals surface area contributed by atoms with E-state index in [0.717, 1.165) is 23.3 Å². The minimum absolute atomic E-state index is 0.0140. The Morgan fingerprint density at radius 2 is 1.83 bits per heavy atom. The maximum absolute atomic E-state index is 12.9. The molecular formula is C21H29N3O3S2. The molecule has 1 aliphatic heterocycles. The molecule has 0 bridgehead atoms. The number of aryl methyl sites for hydroxylation is 1. The maximum Gasteiger partial charge on any atom is 0.243 e. The van der Waals surface area contributed by atoms with E-state index in [4.69, 9.17) is 0 Å². The van der Waals surface area contributed by atoms with E-state index in [-0.39, 0.29) is 18.5 Å². The van der Waals surface area contributed by atoms with Gasteiger partial charge in [0.25, 0.3) is 0 Å². The van der Waals surface area contributed by atoms with Crippen LogP contribution in [0.1, 0.15) is 36.8 Å². The second-order valence-electron chi connectivity index (χ2n) is 7.38. The molecule has 0 aliphatic carbocycles. The van der Waals surface area contributed by atoms with Crippen molar-refractivity contribution in [3.63, 3.8) is 0 Å². The number of sulfonamides is 1. The first-order valence-electron chi connectivity index (χ1n) is 10.0. The van der Waals surface area contributed by atoms with Gasteiger partial charge in [-0.15, -0.1) is 11.3 Å². The number of nitrogens with zero attached hydrogens (tertiary/aromatic N) is 2. The van der Waals surface area contributed by atoms with Crippen LogP contribution in [0.5, 0.6) is 0 Å². The van der Waals surface area contributed by atoms with E-state index in [1.54, 1.807) is 23.5 Å². The Labute approximate surface area is 177 Å². The molecule has 158 valence electrons. The van der Waals surface area contributed by atoms with Crippen molar-refractivity contribution in [3.05, 3.63) is 52.2 Å². The Kier molecular flexibility index (Phi) is 7.45. The summed E-state index contributed by atoms with van der Waals surface area (Å²) in [6, 6.07) is 11.2. The zero-order chi connectivity index (χ0) is 20.9. The van der Waals surface area contributed by atoms with Crippen LogP contribution in [0.2, 0.25) is 0 Å². The molecular weight excluding hydrogens is 406 g/mol. The summed E-state index contributed by atoms with van der Waals surface area (Å²) < 4.78 is 27.3. The van der Waals surface area contributed by atoms with Gasteiger partial charge in [-0.1, -0.05) is 31.5 Å². The summed E-state index contributed by atoms with van der Waals surface area (Å²) in [5.41, 5.74) is 1.15. The van der Waals surface area contributed by atoms with Crippen LogP contribution in [0.25, 0.3) is 0 Å². The largest absolute Gasteiger partial charge is 0.348 e. The third-order valence-corrected chi connectivity index (χ3v) is 8.11. The number of carbonyl (C=O) groups is 1. The second-order valence-corrected chi connectivity index (χ2v) is 10.3. The molecule has 1 N–H and O–H groups in total. The van der Waals surface area contributed by atoms with E-state index in [2.05, 4.69) is 12.2 Å². The van der Waals surface area contributed by atoms with Gasteiger partial charge in [-0.2, -0.15) is 4.31 Å². The molecule has 0 unspecified atom stereocenters. The van der Waals surface area contributed by atoms with Gasteiger partial charge in [0.1, 0.15) is 0 Å². The quantitative estimate of drug-likeness (QED) is 0.692. The molecule has 1 aromatic heterocycles. The van der Waals surface area contributed by atoms with Gasteiger partial charge in [-0.3, -0.25) is 9.69 Å². The molecule has 1 amide bonds. The molecule has 0 spiro atoms. The number of benzene rings is 1. The van der Waals surface area contributed by atoms with Crippen LogP contribution < -0.4 is 5.32 Å². The molecule has 1 fully saturated rings. The fourth-order valence-electron chi connectivity index (χ4n) is 3.49. The summed E-state index contributed by atoms with van der Waals surface area (Å²) in [6.45, 7) is 6.25. The summed E-state index contributed by atoms with van der Waals surface area (Å²) in [6.07, 6.45) is 1.99. The van der Waals surface area contributed by atoms with Crippen molar-refractivity contribution in [3.8, 4) is 0 Å². The molecule has 29 heavy (non-hydrogen) atoms. The zero-order valence-corrected chi connectivity index (χ0v) is 18.6. The standard InChI is InChI=1S/C21H29N3O3S2/c1-3-5-18-7-9-19(10-8-18)29(26,27)24-13-11-23(12-14-24)16-21(25)22-17(2)20-6-4-15-28-20/h4,6-10,15,17H,3,5,11-14,16H2,1-2H3,(H,22,25)/t17-/m0/s1. The lowest BCUT2D eigenvalue weighted by molar-refractivity contribution is -0.123. The molecule has 6 nitrogen and oxygen atoms in total. The van der Waals surface area contributed by atoms with Gasteiger partial charge in [0.2, 0.25) is 15.9 Å². The van der Waals surface area contributed by atoms with Gasteiger partial charge in [0, 0.05) is 31.1 Å². The van der Waals surface area contributed by atoms with Crippen molar-refractivity contribution < 1.29 is 13.2 Å². The van der Waals surface area contributed by atoms with Crippen molar-refractivity contribution in [1.29, 1.82) is 0 Å². The summed E-state index contributed by atoms with van der Waals surface area (Å²) in [5.74, 6) is -0.0336. The molecule has 0 saturated carbocycles. The van der Waals surface area contributed by atoms with E-state index < -0.39 is 10.0 Å². The molecule has 0 radical (unpaired) electrons. The average molecular weight is 436 g/mol. The highest BCUT2D eigenvalue weighted by Crippen LogP contribution is 2.20. The summed E-state index contributed by atoms with van der Waals surface area (Å²) >= 11 is 1.62. The monoisotopic (exact) mass is 435 g/mol. The Balaban J connectivity index is 1.51. The number of amides is 1. The van der Waals surface area contributed by atoms with Crippen LogP contribution in [0.4, 0.5) is 0 Å². The lowest BCUT2D eigenvalue weighted by atomic mass is 10.1. The predicted molar refractivity (Wildman–Crippen MR) is 117 cm³/mol. The first-order chi connectivity index (χ1) is 13.9. The van der Waals surface area contributed by atoms with Crippen LogP contribution in [-0.2, 0) is 21.2 Å². The number of piperazine rings is 1. The van der Waals surface area contributed by atoms with Gasteiger partial charge in [-0.05, 0) is 42.5 Å². The van der Waals surface area contributed by atoms with Gasteiger partial charge < -0.3 is 5.32 Å². The van der Waals surface area contributed by atoms with Crippen LogP contribution in [-0.4, -0.2) is 56.3 Å². The fraction of sp³-hybridized carbons (Fsp3) is 0.476.